The predicted octanol–water partition coefficient (Wildman–Crippen LogP) is 2.49. The van der Waals surface area contributed by atoms with Crippen LogP contribution in [0.15, 0.2) is 54.6 Å². The van der Waals surface area contributed by atoms with Crippen LogP contribution >= 0.6 is 0 Å². The summed E-state index contributed by atoms with van der Waals surface area (Å²) in [7, 11) is 0. The Morgan fingerprint density at radius 1 is 0.864 bits per heavy atom. The van der Waals surface area contributed by atoms with Crippen LogP contribution in [0.4, 0.5) is 0 Å². The number of carboxylic acids is 2. The molecule has 0 spiro atoms. The zero-order chi connectivity index (χ0) is 15.5. The number of hydrogen-bond acceptors (Lipinski definition) is 2. The second-order valence-electron chi connectivity index (χ2n) is 5.98. The summed E-state index contributed by atoms with van der Waals surface area (Å²) in [6, 6.07) is 17.0. The molecule has 0 aromatic heterocycles. The summed E-state index contributed by atoms with van der Waals surface area (Å²) in [5.41, 5.74) is 2.11. The molecule has 1 saturated carbocycles. The molecule has 0 aliphatic heterocycles. The smallest absolute Gasteiger partial charge is 0.308 e. The monoisotopic (exact) mass is 294 g/mol. The normalized spacial score (nSPS) is 31.2. The maximum Gasteiger partial charge on any atom is 0.308 e. The highest BCUT2D eigenvalue weighted by molar-refractivity contribution is 5.91. The zero-order valence-electron chi connectivity index (χ0n) is 11.6. The van der Waals surface area contributed by atoms with E-state index in [0.29, 0.717) is 0 Å². The molecule has 1 fully saturated rings. The highest BCUT2D eigenvalue weighted by Gasteiger charge is 2.75. The lowest BCUT2D eigenvalue weighted by Gasteiger charge is -2.66. The molecule has 110 valence electrons. The van der Waals surface area contributed by atoms with Crippen molar-refractivity contribution in [3.05, 3.63) is 71.3 Å². The van der Waals surface area contributed by atoms with Crippen LogP contribution in [0.5, 0.6) is 0 Å². The number of hydrogen-bond donors (Lipinski definition) is 2. The Balaban J connectivity index is 1.97. The first-order valence-electron chi connectivity index (χ1n) is 7.20. The van der Waals surface area contributed by atoms with Crippen LogP contribution in [0.2, 0.25) is 0 Å². The molecular formula is C18H14O4. The van der Waals surface area contributed by atoms with Gasteiger partial charge >= 0.3 is 11.9 Å². The Labute approximate surface area is 127 Å². The molecule has 4 nitrogen and oxygen atoms in total. The van der Waals surface area contributed by atoms with Gasteiger partial charge in [0.1, 0.15) is 0 Å². The molecule has 0 radical (unpaired) electrons. The van der Waals surface area contributed by atoms with Crippen molar-refractivity contribution in [2.75, 3.05) is 0 Å². The summed E-state index contributed by atoms with van der Waals surface area (Å²) >= 11 is 0. The van der Waals surface area contributed by atoms with Gasteiger partial charge < -0.3 is 10.2 Å². The number of rotatable bonds is 3. The van der Waals surface area contributed by atoms with Gasteiger partial charge in [0.25, 0.3) is 0 Å². The third-order valence-corrected chi connectivity index (χ3v) is 5.24. The Bertz CT molecular complexity index is 783. The second kappa shape index (κ2) is 4.19. The Hall–Kier alpha value is -2.62. The van der Waals surface area contributed by atoms with Crippen molar-refractivity contribution in [2.45, 2.75) is 11.3 Å². The highest BCUT2D eigenvalue weighted by Crippen LogP contribution is 2.73. The first-order chi connectivity index (χ1) is 10.6. The van der Waals surface area contributed by atoms with Crippen molar-refractivity contribution in [3.8, 4) is 0 Å². The number of aliphatic carboxylic acids is 2. The fourth-order valence-electron chi connectivity index (χ4n) is 4.54. The summed E-state index contributed by atoms with van der Waals surface area (Å²) in [6.45, 7) is 0. The molecule has 2 aromatic rings. The van der Waals surface area contributed by atoms with E-state index >= 15 is 0 Å². The Morgan fingerprint density at radius 2 is 1.50 bits per heavy atom. The Morgan fingerprint density at radius 3 is 2.14 bits per heavy atom. The largest absolute Gasteiger partial charge is 0.481 e. The number of fused-ring (bicyclic) bond motifs is 4. The molecule has 4 heteroatoms. The van der Waals surface area contributed by atoms with Crippen molar-refractivity contribution in [1.29, 1.82) is 0 Å². The van der Waals surface area contributed by atoms with Gasteiger partial charge in [-0.3, -0.25) is 9.59 Å². The molecule has 4 rings (SSSR count). The van der Waals surface area contributed by atoms with Crippen molar-refractivity contribution >= 4 is 11.9 Å². The second-order valence-corrected chi connectivity index (χ2v) is 5.98. The lowest BCUT2D eigenvalue weighted by Crippen LogP contribution is -2.69. The molecule has 2 aliphatic rings. The van der Waals surface area contributed by atoms with E-state index in [1.165, 1.54) is 0 Å². The maximum absolute atomic E-state index is 11.8. The van der Waals surface area contributed by atoms with Gasteiger partial charge in [-0.05, 0) is 16.7 Å². The molecular weight excluding hydrogens is 280 g/mol. The standard InChI is InChI=1S/C18H14O4/c19-16(20)13-14-11-8-4-5-9-12(11)18(14,15(13)17(21)22)10-6-2-1-3-7-10/h1-9,13-15H,(H,19,20)(H,21,22). The van der Waals surface area contributed by atoms with Crippen LogP contribution in [0.25, 0.3) is 0 Å². The molecule has 2 aliphatic carbocycles. The number of benzene rings is 2. The first-order valence-corrected chi connectivity index (χ1v) is 7.20. The van der Waals surface area contributed by atoms with Gasteiger partial charge in [-0.25, -0.2) is 0 Å². The summed E-state index contributed by atoms with van der Waals surface area (Å²) in [5, 5.41) is 19.2. The van der Waals surface area contributed by atoms with Gasteiger partial charge in [-0.15, -0.1) is 0 Å². The average molecular weight is 294 g/mol. The molecule has 0 amide bonds. The third kappa shape index (κ3) is 1.28. The molecule has 2 aromatic carbocycles. The van der Waals surface area contributed by atoms with Gasteiger partial charge in [-0.1, -0.05) is 54.6 Å². The minimum Gasteiger partial charge on any atom is -0.481 e. The van der Waals surface area contributed by atoms with E-state index in [-0.39, 0.29) is 5.92 Å². The molecule has 0 heterocycles. The SMILES string of the molecule is O=C(O)C1C(C(=O)O)C2(c3ccccc3)c3ccccc3C12. The van der Waals surface area contributed by atoms with Crippen LogP contribution in [-0.4, -0.2) is 22.2 Å². The summed E-state index contributed by atoms with van der Waals surface area (Å²) in [5.74, 6) is -4.12. The first kappa shape index (κ1) is 13.1. The van der Waals surface area contributed by atoms with E-state index in [9.17, 15) is 19.8 Å². The van der Waals surface area contributed by atoms with E-state index < -0.39 is 29.2 Å². The summed E-state index contributed by atoms with van der Waals surface area (Å²) in [4.78, 5) is 23.4. The number of carbonyl (C=O) groups is 2. The molecule has 0 bridgehead atoms. The Kier molecular flexibility index (Phi) is 2.49. The minimum atomic E-state index is -1.04. The van der Waals surface area contributed by atoms with E-state index in [1.54, 1.807) is 0 Å². The highest BCUT2D eigenvalue weighted by atomic mass is 16.4. The van der Waals surface area contributed by atoms with Gasteiger partial charge in [-0.2, -0.15) is 0 Å². The molecule has 4 unspecified atom stereocenters. The molecule has 4 atom stereocenters. The van der Waals surface area contributed by atoms with E-state index in [4.69, 9.17) is 0 Å². The summed E-state index contributed by atoms with van der Waals surface area (Å²) < 4.78 is 0. The lowest BCUT2D eigenvalue weighted by molar-refractivity contribution is -0.173. The van der Waals surface area contributed by atoms with Crippen LogP contribution < -0.4 is 0 Å². The van der Waals surface area contributed by atoms with Crippen molar-refractivity contribution in [2.24, 2.45) is 11.8 Å². The van der Waals surface area contributed by atoms with Gasteiger partial charge in [0.05, 0.1) is 11.8 Å². The summed E-state index contributed by atoms with van der Waals surface area (Å²) in [6.07, 6.45) is 0. The number of carboxylic acid groups (broad SMARTS) is 2. The predicted molar refractivity (Wildman–Crippen MR) is 78.7 cm³/mol. The average Bonchev–Trinajstić information content (AvgIpc) is 2.48. The topological polar surface area (TPSA) is 74.6 Å². The van der Waals surface area contributed by atoms with E-state index in [2.05, 4.69) is 0 Å². The van der Waals surface area contributed by atoms with Crippen LogP contribution in [-0.2, 0) is 15.0 Å². The fraction of sp³-hybridized carbons (Fsp3) is 0.222. The zero-order valence-corrected chi connectivity index (χ0v) is 11.6. The van der Waals surface area contributed by atoms with E-state index in [1.807, 2.05) is 54.6 Å². The van der Waals surface area contributed by atoms with Crippen LogP contribution in [0.1, 0.15) is 22.6 Å². The van der Waals surface area contributed by atoms with Crippen LogP contribution in [0, 0.1) is 11.8 Å². The molecule has 0 saturated heterocycles. The quantitative estimate of drug-likeness (QED) is 0.912. The lowest BCUT2D eigenvalue weighted by atomic mass is 9.33. The minimum absolute atomic E-state index is 0.260. The van der Waals surface area contributed by atoms with Crippen molar-refractivity contribution < 1.29 is 19.8 Å². The maximum atomic E-state index is 11.8. The molecule has 22 heavy (non-hydrogen) atoms. The van der Waals surface area contributed by atoms with Crippen molar-refractivity contribution in [3.63, 3.8) is 0 Å². The van der Waals surface area contributed by atoms with Gasteiger partial charge in [0.2, 0.25) is 0 Å². The third-order valence-electron chi connectivity index (χ3n) is 5.24. The fourth-order valence-corrected chi connectivity index (χ4v) is 4.54. The van der Waals surface area contributed by atoms with Crippen LogP contribution in [0.3, 0.4) is 0 Å². The van der Waals surface area contributed by atoms with Crippen molar-refractivity contribution in [1.82, 2.24) is 0 Å². The molecule has 2 N–H and O–H groups in total. The van der Waals surface area contributed by atoms with Gasteiger partial charge in [0.15, 0.2) is 0 Å². The van der Waals surface area contributed by atoms with E-state index in [0.717, 1.165) is 16.7 Å². The van der Waals surface area contributed by atoms with Gasteiger partial charge in [0, 0.05) is 11.3 Å².